The molecule has 0 fully saturated rings. The van der Waals surface area contributed by atoms with Crippen LogP contribution in [0.25, 0.3) is 0 Å². The molecule has 0 bridgehead atoms. The van der Waals surface area contributed by atoms with Crippen molar-refractivity contribution in [1.82, 2.24) is 0 Å². The monoisotopic (exact) mass is 298 g/mol. The quantitative estimate of drug-likeness (QED) is 0.431. The summed E-state index contributed by atoms with van der Waals surface area (Å²) in [7, 11) is 0. The Morgan fingerprint density at radius 2 is 2.00 bits per heavy atom. The molecule has 5 nitrogen and oxygen atoms in total. The van der Waals surface area contributed by atoms with E-state index in [2.05, 4.69) is 5.32 Å². The third-order valence-electron chi connectivity index (χ3n) is 2.22. The molecule has 0 radical (unpaired) electrons. The summed E-state index contributed by atoms with van der Waals surface area (Å²) in [6.07, 6.45) is -4.03. The van der Waals surface area contributed by atoms with E-state index in [9.17, 15) is 23.3 Å². The van der Waals surface area contributed by atoms with E-state index >= 15 is 0 Å². The first-order valence-corrected chi connectivity index (χ1v) is 5.16. The predicted molar refractivity (Wildman–Crippen MR) is 60.3 cm³/mol. The Morgan fingerprint density at radius 1 is 1.37 bits per heavy atom. The lowest BCUT2D eigenvalue weighted by Gasteiger charge is -2.10. The number of halogens is 4. The molecule has 0 saturated heterocycles. The number of nitro benzene ring substituents is 1. The van der Waals surface area contributed by atoms with Gasteiger partial charge in [-0.05, 0) is 25.1 Å². The van der Waals surface area contributed by atoms with Crippen molar-refractivity contribution in [3.05, 3.63) is 33.9 Å². The summed E-state index contributed by atoms with van der Waals surface area (Å²) < 4.78 is 37.2. The molecule has 108 valence electrons. The van der Waals surface area contributed by atoms with Gasteiger partial charge in [0.2, 0.25) is 0 Å². The number of nitro groups is 1. The number of hydrogen-bond donors (Lipinski definition) is 2. The minimum atomic E-state index is -4.60. The van der Waals surface area contributed by atoms with Crippen LogP contribution in [0, 0.1) is 10.1 Å². The first-order chi connectivity index (χ1) is 8.36. The van der Waals surface area contributed by atoms with Gasteiger partial charge in [0.15, 0.2) is 0 Å². The fourth-order valence-corrected chi connectivity index (χ4v) is 1.33. The molecule has 0 heterocycles. The average molecular weight is 299 g/mol. The number of benzene rings is 1. The lowest BCUT2D eigenvalue weighted by molar-refractivity contribution is -0.384. The molecule has 0 spiro atoms. The molecule has 0 saturated carbocycles. The summed E-state index contributed by atoms with van der Waals surface area (Å²) in [5, 5.41) is 13.4. The van der Waals surface area contributed by atoms with Gasteiger partial charge in [-0.25, -0.2) is 0 Å². The van der Waals surface area contributed by atoms with E-state index in [-0.39, 0.29) is 18.1 Å². The van der Waals surface area contributed by atoms with Crippen LogP contribution in [0.5, 0.6) is 0 Å². The lowest BCUT2D eigenvalue weighted by Crippen LogP contribution is -3.00. The first kappa shape index (κ1) is 17.5. The molecule has 0 unspecified atom stereocenters. The van der Waals surface area contributed by atoms with Crippen molar-refractivity contribution in [2.24, 2.45) is 5.73 Å². The van der Waals surface area contributed by atoms with Crippen molar-refractivity contribution in [2.45, 2.75) is 12.6 Å². The molecule has 0 atom stereocenters. The van der Waals surface area contributed by atoms with Crippen LogP contribution in [0.15, 0.2) is 18.2 Å². The smallest absolute Gasteiger partial charge is 0.416 e. The van der Waals surface area contributed by atoms with Gasteiger partial charge in [0.1, 0.15) is 5.69 Å². The summed E-state index contributed by atoms with van der Waals surface area (Å²) >= 11 is 0. The number of anilines is 1. The van der Waals surface area contributed by atoms with E-state index in [0.29, 0.717) is 25.6 Å². The molecule has 1 aromatic carbocycles. The number of nitrogens with zero attached hydrogens (tertiary/aromatic N) is 1. The maximum atomic E-state index is 12.4. The molecule has 0 aliphatic carbocycles. The zero-order chi connectivity index (χ0) is 13.8. The standard InChI is InChI=1S/C10H12F3N3O2.ClH/c11-10(12,13)7-2-3-8(15-5-1-4-14)9(6-7)16(17)18;/h2-3,6,15H,1,4-5,14H2;1H/p-1. The van der Waals surface area contributed by atoms with Gasteiger partial charge in [-0.2, -0.15) is 13.2 Å². The fraction of sp³-hybridized carbons (Fsp3) is 0.400. The van der Waals surface area contributed by atoms with E-state index < -0.39 is 22.4 Å². The van der Waals surface area contributed by atoms with E-state index in [1.165, 1.54) is 0 Å². The van der Waals surface area contributed by atoms with Crippen LogP contribution in [-0.4, -0.2) is 18.0 Å². The second kappa shape index (κ2) is 7.15. The van der Waals surface area contributed by atoms with E-state index in [1.807, 2.05) is 0 Å². The van der Waals surface area contributed by atoms with E-state index in [1.54, 1.807) is 0 Å². The summed E-state index contributed by atoms with van der Waals surface area (Å²) in [5.41, 5.74) is 3.67. The Labute approximate surface area is 113 Å². The molecule has 1 rings (SSSR count). The highest BCUT2D eigenvalue weighted by molar-refractivity contribution is 5.62. The molecule has 0 aliphatic rings. The fourth-order valence-electron chi connectivity index (χ4n) is 1.33. The summed E-state index contributed by atoms with van der Waals surface area (Å²) in [6.45, 7) is 0.754. The molecular weight excluding hydrogens is 287 g/mol. The molecule has 3 N–H and O–H groups in total. The van der Waals surface area contributed by atoms with Gasteiger partial charge in [-0.1, -0.05) is 0 Å². The predicted octanol–water partition coefficient (Wildman–Crippen LogP) is -0.622. The lowest BCUT2D eigenvalue weighted by atomic mass is 10.1. The average Bonchev–Trinajstić information content (AvgIpc) is 2.28. The van der Waals surface area contributed by atoms with E-state index in [4.69, 9.17) is 5.73 Å². The Balaban J connectivity index is 0.00000324. The van der Waals surface area contributed by atoms with Crippen LogP contribution >= 0.6 is 0 Å². The summed E-state index contributed by atoms with van der Waals surface area (Å²) in [4.78, 5) is 9.86. The van der Waals surface area contributed by atoms with Gasteiger partial charge < -0.3 is 23.5 Å². The van der Waals surface area contributed by atoms with Gasteiger partial charge >= 0.3 is 6.18 Å². The van der Waals surface area contributed by atoms with Crippen LogP contribution < -0.4 is 23.5 Å². The second-order valence-electron chi connectivity index (χ2n) is 3.56. The Bertz CT molecular complexity index is 441. The summed E-state index contributed by atoms with van der Waals surface area (Å²) in [5.74, 6) is 0. The molecule has 9 heteroatoms. The van der Waals surface area contributed by atoms with Crippen LogP contribution in [0.4, 0.5) is 24.5 Å². The Morgan fingerprint density at radius 3 is 2.47 bits per heavy atom. The largest absolute Gasteiger partial charge is 1.00 e. The molecule has 0 amide bonds. The van der Waals surface area contributed by atoms with Gasteiger partial charge in [-0.15, -0.1) is 0 Å². The third kappa shape index (κ3) is 4.92. The minimum Gasteiger partial charge on any atom is -1.00 e. The maximum absolute atomic E-state index is 12.4. The molecule has 19 heavy (non-hydrogen) atoms. The van der Waals surface area contributed by atoms with Crippen LogP contribution in [0.1, 0.15) is 12.0 Å². The number of rotatable bonds is 5. The zero-order valence-corrected chi connectivity index (χ0v) is 10.5. The highest BCUT2D eigenvalue weighted by Crippen LogP contribution is 2.34. The normalized spacial score (nSPS) is 10.7. The topological polar surface area (TPSA) is 81.2 Å². The number of hydrogen-bond acceptors (Lipinski definition) is 4. The number of nitrogens with one attached hydrogen (secondary N) is 1. The molecule has 1 aromatic rings. The van der Waals surface area contributed by atoms with Crippen molar-refractivity contribution >= 4 is 11.4 Å². The minimum absolute atomic E-state index is 0. The second-order valence-corrected chi connectivity index (χ2v) is 3.56. The van der Waals surface area contributed by atoms with Crippen molar-refractivity contribution in [3.63, 3.8) is 0 Å². The van der Waals surface area contributed by atoms with Crippen molar-refractivity contribution in [2.75, 3.05) is 18.4 Å². The van der Waals surface area contributed by atoms with E-state index in [0.717, 1.165) is 12.1 Å². The zero-order valence-electron chi connectivity index (χ0n) is 9.71. The van der Waals surface area contributed by atoms with Crippen LogP contribution in [-0.2, 0) is 6.18 Å². The number of alkyl halides is 3. The van der Waals surface area contributed by atoms with Gasteiger partial charge in [-0.3, -0.25) is 10.1 Å². The molecule has 0 aromatic heterocycles. The Hall–Kier alpha value is -1.54. The summed E-state index contributed by atoms with van der Waals surface area (Å²) in [6, 6.07) is 2.38. The van der Waals surface area contributed by atoms with Gasteiger partial charge in [0, 0.05) is 12.6 Å². The van der Waals surface area contributed by atoms with Crippen molar-refractivity contribution in [3.8, 4) is 0 Å². The van der Waals surface area contributed by atoms with Crippen molar-refractivity contribution in [1.29, 1.82) is 0 Å². The molecule has 0 aliphatic heterocycles. The first-order valence-electron chi connectivity index (χ1n) is 5.16. The SMILES string of the molecule is NCCCNc1ccc(C(F)(F)F)cc1[N+](=O)[O-].[Cl-]. The van der Waals surface area contributed by atoms with Crippen LogP contribution in [0.3, 0.4) is 0 Å². The third-order valence-corrected chi connectivity index (χ3v) is 2.22. The Kier molecular flexibility index (Phi) is 6.57. The van der Waals surface area contributed by atoms with Gasteiger partial charge in [0.25, 0.3) is 5.69 Å². The molecular formula is C10H12ClF3N3O2-. The highest BCUT2D eigenvalue weighted by atomic mass is 35.5. The van der Waals surface area contributed by atoms with Crippen LogP contribution in [0.2, 0.25) is 0 Å². The number of nitrogens with two attached hydrogens (primary N) is 1. The highest BCUT2D eigenvalue weighted by Gasteiger charge is 2.32. The maximum Gasteiger partial charge on any atom is 0.416 e. The van der Waals surface area contributed by atoms with Crippen molar-refractivity contribution < 1.29 is 30.5 Å². The van der Waals surface area contributed by atoms with Gasteiger partial charge in [0.05, 0.1) is 10.5 Å².